The molecule has 0 fully saturated rings. The van der Waals surface area contributed by atoms with Crippen LogP contribution in [0.4, 0.5) is 0 Å². The zero-order valence-electron chi connectivity index (χ0n) is 10.5. The summed E-state index contributed by atoms with van der Waals surface area (Å²) in [7, 11) is 0. The molecule has 0 aliphatic carbocycles. The zero-order valence-corrected chi connectivity index (χ0v) is 12.0. The third-order valence-electron chi connectivity index (χ3n) is 2.63. The molecule has 106 valence electrons. The molecule has 0 aliphatic rings. The quantitative estimate of drug-likeness (QED) is 0.793. The molecule has 0 amide bonds. The second-order valence-corrected chi connectivity index (χ2v) is 4.80. The average molecular weight is 323 g/mol. The van der Waals surface area contributed by atoms with Gasteiger partial charge in [-0.3, -0.25) is 0 Å². The molecule has 0 unspecified atom stereocenters. The summed E-state index contributed by atoms with van der Waals surface area (Å²) in [4.78, 5) is 8.20. The summed E-state index contributed by atoms with van der Waals surface area (Å²) in [5.74, 6) is 1.25. The molecule has 0 aliphatic heterocycles. The fraction of sp³-hybridized carbons (Fsp3) is 0.0833. The van der Waals surface area contributed by atoms with Gasteiger partial charge >= 0.3 is 0 Å². The van der Waals surface area contributed by atoms with Gasteiger partial charge in [0.1, 0.15) is 6.61 Å². The predicted octanol–water partition coefficient (Wildman–Crippen LogP) is 2.54. The standard InChI is InChI=1S/C12H8Cl2N6O/c13-9-2-1-3-10(14)8(9)6-21-7-4-15-11(16-5-7)12-17-19-20-18-12/h1-5H,6H2,(H,17,18,19,20). The van der Waals surface area contributed by atoms with E-state index in [1.807, 2.05) is 0 Å². The minimum atomic E-state index is 0.227. The van der Waals surface area contributed by atoms with Crippen molar-refractivity contribution in [1.29, 1.82) is 0 Å². The molecule has 7 nitrogen and oxygen atoms in total. The smallest absolute Gasteiger partial charge is 0.217 e. The highest BCUT2D eigenvalue weighted by Crippen LogP contribution is 2.25. The molecule has 1 aromatic carbocycles. The van der Waals surface area contributed by atoms with Crippen molar-refractivity contribution in [1.82, 2.24) is 30.6 Å². The van der Waals surface area contributed by atoms with Crippen molar-refractivity contribution in [2.75, 3.05) is 0 Å². The van der Waals surface area contributed by atoms with Crippen LogP contribution in [0, 0.1) is 0 Å². The molecule has 0 spiro atoms. The second kappa shape index (κ2) is 6.02. The van der Waals surface area contributed by atoms with Gasteiger partial charge in [0.2, 0.25) is 5.82 Å². The van der Waals surface area contributed by atoms with Crippen LogP contribution in [0.2, 0.25) is 10.0 Å². The first kappa shape index (κ1) is 13.7. The highest BCUT2D eigenvalue weighted by atomic mass is 35.5. The van der Waals surface area contributed by atoms with Gasteiger partial charge in [-0.2, -0.15) is 0 Å². The molecular weight excluding hydrogens is 315 g/mol. The molecule has 3 rings (SSSR count). The molecule has 0 radical (unpaired) electrons. The van der Waals surface area contributed by atoms with Gasteiger partial charge in [0, 0.05) is 15.6 Å². The first-order chi connectivity index (χ1) is 10.2. The summed E-state index contributed by atoms with van der Waals surface area (Å²) < 4.78 is 5.57. The molecule has 0 saturated heterocycles. The van der Waals surface area contributed by atoms with Crippen LogP contribution < -0.4 is 4.74 Å². The molecular formula is C12H8Cl2N6O. The van der Waals surface area contributed by atoms with E-state index in [0.717, 1.165) is 0 Å². The van der Waals surface area contributed by atoms with Crippen molar-refractivity contribution in [2.45, 2.75) is 6.61 Å². The van der Waals surface area contributed by atoms with E-state index in [2.05, 4.69) is 30.6 Å². The topological polar surface area (TPSA) is 89.5 Å². The molecule has 9 heteroatoms. The number of tetrazole rings is 1. The number of halogens is 2. The van der Waals surface area contributed by atoms with Gasteiger partial charge < -0.3 is 4.74 Å². The summed E-state index contributed by atoms with van der Waals surface area (Å²) in [5.41, 5.74) is 0.712. The number of hydrogen-bond acceptors (Lipinski definition) is 6. The van der Waals surface area contributed by atoms with E-state index in [1.54, 1.807) is 18.2 Å². The summed E-state index contributed by atoms with van der Waals surface area (Å²) >= 11 is 12.1. The number of aromatic nitrogens is 6. The van der Waals surface area contributed by atoms with Crippen LogP contribution >= 0.6 is 23.2 Å². The summed E-state index contributed by atoms with van der Waals surface area (Å²) in [5, 5.41) is 14.3. The molecule has 2 aromatic heterocycles. The van der Waals surface area contributed by atoms with Gasteiger partial charge in [0.25, 0.3) is 0 Å². The minimum Gasteiger partial charge on any atom is -0.486 e. The van der Waals surface area contributed by atoms with Crippen molar-refractivity contribution in [3.63, 3.8) is 0 Å². The highest BCUT2D eigenvalue weighted by Gasteiger charge is 2.08. The lowest BCUT2D eigenvalue weighted by Crippen LogP contribution is -1.99. The first-order valence-corrected chi connectivity index (χ1v) is 6.61. The van der Waals surface area contributed by atoms with Crippen molar-refractivity contribution in [3.8, 4) is 17.4 Å². The number of H-pyrrole nitrogens is 1. The SMILES string of the molecule is Clc1cccc(Cl)c1COc1cnc(-c2nnn[nH]2)nc1. The van der Waals surface area contributed by atoms with E-state index in [9.17, 15) is 0 Å². The van der Waals surface area contributed by atoms with E-state index in [-0.39, 0.29) is 6.61 Å². The van der Waals surface area contributed by atoms with E-state index < -0.39 is 0 Å². The zero-order chi connectivity index (χ0) is 14.7. The Bertz CT molecular complexity index is 712. The number of aromatic amines is 1. The molecule has 0 bridgehead atoms. The second-order valence-electron chi connectivity index (χ2n) is 3.98. The van der Waals surface area contributed by atoms with Crippen LogP contribution in [0.25, 0.3) is 11.6 Å². The minimum absolute atomic E-state index is 0.227. The van der Waals surface area contributed by atoms with E-state index in [1.165, 1.54) is 12.4 Å². The summed E-state index contributed by atoms with van der Waals surface area (Å²) in [6.07, 6.45) is 3.05. The van der Waals surface area contributed by atoms with Crippen LogP contribution in [0.15, 0.2) is 30.6 Å². The fourth-order valence-electron chi connectivity index (χ4n) is 1.59. The Hall–Kier alpha value is -2.25. The first-order valence-electron chi connectivity index (χ1n) is 5.86. The van der Waals surface area contributed by atoms with Gasteiger partial charge in [0.05, 0.1) is 12.4 Å². The number of nitrogens with one attached hydrogen (secondary N) is 1. The van der Waals surface area contributed by atoms with Crippen molar-refractivity contribution in [3.05, 3.63) is 46.2 Å². The Kier molecular flexibility index (Phi) is 3.94. The van der Waals surface area contributed by atoms with Gasteiger partial charge in [-0.25, -0.2) is 15.1 Å². The van der Waals surface area contributed by atoms with Gasteiger partial charge in [-0.05, 0) is 22.6 Å². The lowest BCUT2D eigenvalue weighted by molar-refractivity contribution is 0.304. The van der Waals surface area contributed by atoms with E-state index in [0.29, 0.717) is 33.0 Å². The van der Waals surface area contributed by atoms with Crippen LogP contribution in [0.5, 0.6) is 5.75 Å². The maximum absolute atomic E-state index is 6.07. The molecule has 21 heavy (non-hydrogen) atoms. The predicted molar refractivity (Wildman–Crippen MR) is 76.0 cm³/mol. The van der Waals surface area contributed by atoms with Crippen LogP contribution in [0.1, 0.15) is 5.56 Å². The van der Waals surface area contributed by atoms with Gasteiger partial charge in [-0.15, -0.1) is 5.10 Å². The van der Waals surface area contributed by atoms with Crippen LogP contribution in [0.3, 0.4) is 0 Å². The molecule has 2 heterocycles. The van der Waals surface area contributed by atoms with Crippen LogP contribution in [-0.4, -0.2) is 30.6 Å². The molecule has 1 N–H and O–H groups in total. The number of benzene rings is 1. The normalized spacial score (nSPS) is 10.6. The van der Waals surface area contributed by atoms with E-state index >= 15 is 0 Å². The third kappa shape index (κ3) is 3.09. The van der Waals surface area contributed by atoms with Gasteiger partial charge in [-0.1, -0.05) is 29.3 Å². The summed E-state index contributed by atoms with van der Waals surface area (Å²) in [6, 6.07) is 5.28. The maximum atomic E-state index is 6.07. The Morgan fingerprint density at radius 2 is 1.81 bits per heavy atom. The summed E-state index contributed by atoms with van der Waals surface area (Å²) in [6.45, 7) is 0.227. The van der Waals surface area contributed by atoms with Crippen molar-refractivity contribution < 1.29 is 4.74 Å². The largest absolute Gasteiger partial charge is 0.486 e. The van der Waals surface area contributed by atoms with Crippen LogP contribution in [-0.2, 0) is 6.61 Å². The molecule has 0 saturated carbocycles. The third-order valence-corrected chi connectivity index (χ3v) is 3.34. The fourth-order valence-corrected chi connectivity index (χ4v) is 2.10. The lowest BCUT2D eigenvalue weighted by Gasteiger charge is -2.08. The Balaban J connectivity index is 1.71. The Morgan fingerprint density at radius 3 is 2.43 bits per heavy atom. The average Bonchev–Trinajstić information content (AvgIpc) is 3.02. The number of ether oxygens (including phenoxy) is 1. The van der Waals surface area contributed by atoms with E-state index in [4.69, 9.17) is 27.9 Å². The maximum Gasteiger partial charge on any atom is 0.217 e. The van der Waals surface area contributed by atoms with Crippen molar-refractivity contribution >= 4 is 23.2 Å². The van der Waals surface area contributed by atoms with Crippen molar-refractivity contribution in [2.24, 2.45) is 0 Å². The lowest BCUT2D eigenvalue weighted by atomic mass is 10.2. The number of nitrogens with zero attached hydrogens (tertiary/aromatic N) is 5. The number of rotatable bonds is 4. The molecule has 0 atom stereocenters. The number of hydrogen-bond donors (Lipinski definition) is 1. The Morgan fingerprint density at radius 1 is 1.10 bits per heavy atom. The Labute approximate surface area is 129 Å². The highest BCUT2D eigenvalue weighted by molar-refractivity contribution is 6.35. The monoisotopic (exact) mass is 322 g/mol. The van der Waals surface area contributed by atoms with Gasteiger partial charge in [0.15, 0.2) is 11.6 Å². The molecule has 3 aromatic rings.